The molecule has 0 unspecified atom stereocenters. The van der Waals surface area contributed by atoms with E-state index in [0.29, 0.717) is 0 Å². The summed E-state index contributed by atoms with van der Waals surface area (Å²) in [6.07, 6.45) is 4.30. The van der Waals surface area contributed by atoms with E-state index in [4.69, 9.17) is 9.47 Å². The maximum Gasteiger partial charge on any atom is 0.156 e. The van der Waals surface area contributed by atoms with Crippen LogP contribution in [0.4, 0.5) is 0 Å². The van der Waals surface area contributed by atoms with E-state index in [-0.39, 0.29) is 6.29 Å². The van der Waals surface area contributed by atoms with Gasteiger partial charge in [-0.25, -0.2) is 0 Å². The van der Waals surface area contributed by atoms with Crippen molar-refractivity contribution in [2.75, 3.05) is 13.2 Å². The van der Waals surface area contributed by atoms with E-state index in [1.807, 2.05) is 0 Å². The third kappa shape index (κ3) is 6.68. The molecule has 12 heavy (non-hydrogen) atoms. The van der Waals surface area contributed by atoms with Gasteiger partial charge in [0.1, 0.15) is 7.85 Å². The van der Waals surface area contributed by atoms with Crippen LogP contribution in [0.15, 0.2) is 0 Å². The molecule has 0 spiro atoms. The van der Waals surface area contributed by atoms with Crippen molar-refractivity contribution in [3.8, 4) is 0 Å². The van der Waals surface area contributed by atoms with Crippen LogP contribution in [-0.4, -0.2) is 27.4 Å². The Labute approximate surface area is 77.0 Å². The molecule has 72 valence electrons. The first-order valence-corrected chi connectivity index (χ1v) is 5.08. The molecule has 0 bridgehead atoms. The van der Waals surface area contributed by atoms with Crippen LogP contribution in [-0.2, 0) is 9.47 Å². The second-order valence-corrected chi connectivity index (χ2v) is 2.96. The SMILES string of the molecule is BCCC(OCCC)OCCC. The highest BCUT2D eigenvalue weighted by Gasteiger charge is 2.05. The summed E-state index contributed by atoms with van der Waals surface area (Å²) in [6.45, 7) is 5.86. The molecule has 0 heterocycles. The molecule has 0 saturated heterocycles. The van der Waals surface area contributed by atoms with Crippen LogP contribution in [0.1, 0.15) is 33.1 Å². The van der Waals surface area contributed by atoms with Crippen LogP contribution in [0.3, 0.4) is 0 Å². The van der Waals surface area contributed by atoms with Crippen molar-refractivity contribution in [1.29, 1.82) is 0 Å². The summed E-state index contributed by atoms with van der Waals surface area (Å²) < 4.78 is 11.0. The Morgan fingerprint density at radius 1 is 1.08 bits per heavy atom. The van der Waals surface area contributed by atoms with Gasteiger partial charge in [-0.3, -0.25) is 0 Å². The van der Waals surface area contributed by atoms with Gasteiger partial charge >= 0.3 is 0 Å². The van der Waals surface area contributed by atoms with Gasteiger partial charge in [0.2, 0.25) is 0 Å². The molecule has 0 radical (unpaired) electrons. The minimum atomic E-state index is 0.0369. The molecule has 0 aliphatic rings. The third-order valence-corrected chi connectivity index (χ3v) is 1.54. The van der Waals surface area contributed by atoms with E-state index < -0.39 is 0 Å². The Morgan fingerprint density at radius 2 is 1.58 bits per heavy atom. The zero-order chi connectivity index (χ0) is 9.23. The van der Waals surface area contributed by atoms with Crippen molar-refractivity contribution in [1.82, 2.24) is 0 Å². The van der Waals surface area contributed by atoms with Crippen LogP contribution < -0.4 is 0 Å². The van der Waals surface area contributed by atoms with E-state index in [9.17, 15) is 0 Å². The number of hydrogen-bond acceptors (Lipinski definition) is 2. The summed E-state index contributed by atoms with van der Waals surface area (Å²) in [4.78, 5) is 0. The van der Waals surface area contributed by atoms with Gasteiger partial charge in [-0.1, -0.05) is 20.2 Å². The maximum absolute atomic E-state index is 5.51. The van der Waals surface area contributed by atoms with Gasteiger partial charge in [0.15, 0.2) is 6.29 Å². The summed E-state index contributed by atoms with van der Waals surface area (Å²) >= 11 is 0. The molecule has 3 heteroatoms. The normalized spacial score (nSPS) is 10.9. The topological polar surface area (TPSA) is 18.5 Å². The standard InChI is InChI=1S/C9H21BO2/c1-3-7-11-9(5-6-10)12-8-4-2/h9H,3-8,10H2,1-2H3. The molecule has 0 aromatic carbocycles. The van der Waals surface area contributed by atoms with E-state index in [0.717, 1.165) is 38.8 Å². The lowest BCUT2D eigenvalue weighted by Gasteiger charge is -2.16. The zero-order valence-electron chi connectivity index (χ0n) is 8.64. The van der Waals surface area contributed by atoms with Gasteiger partial charge in [0, 0.05) is 13.2 Å². The first-order valence-electron chi connectivity index (χ1n) is 5.08. The molecule has 0 fully saturated rings. The van der Waals surface area contributed by atoms with E-state index in [1.54, 1.807) is 0 Å². The molecular weight excluding hydrogens is 151 g/mol. The molecule has 0 N–H and O–H groups in total. The number of ether oxygens (including phenoxy) is 2. The fraction of sp³-hybridized carbons (Fsp3) is 1.00. The second kappa shape index (κ2) is 9.08. The van der Waals surface area contributed by atoms with Crippen LogP contribution in [0.2, 0.25) is 6.32 Å². The van der Waals surface area contributed by atoms with Crippen LogP contribution in [0.25, 0.3) is 0 Å². The van der Waals surface area contributed by atoms with Gasteiger partial charge in [0.05, 0.1) is 0 Å². The highest BCUT2D eigenvalue weighted by Crippen LogP contribution is 2.04. The first-order chi connectivity index (χ1) is 5.85. The quantitative estimate of drug-likeness (QED) is 0.409. The second-order valence-electron chi connectivity index (χ2n) is 2.96. The summed E-state index contributed by atoms with van der Waals surface area (Å²) in [6, 6.07) is 0. The summed E-state index contributed by atoms with van der Waals surface area (Å²) in [5.41, 5.74) is 0. The van der Waals surface area contributed by atoms with Gasteiger partial charge in [-0.2, -0.15) is 0 Å². The molecular formula is C9H21BO2. The molecule has 0 atom stereocenters. The molecule has 0 aliphatic heterocycles. The lowest BCUT2D eigenvalue weighted by molar-refractivity contribution is -0.143. The molecule has 2 nitrogen and oxygen atoms in total. The molecule has 0 saturated carbocycles. The fourth-order valence-corrected chi connectivity index (χ4v) is 0.949. The average Bonchev–Trinajstić information content (AvgIpc) is 2.10. The van der Waals surface area contributed by atoms with Crippen molar-refractivity contribution >= 4 is 7.85 Å². The minimum Gasteiger partial charge on any atom is -0.353 e. The maximum atomic E-state index is 5.51. The van der Waals surface area contributed by atoms with Gasteiger partial charge < -0.3 is 9.47 Å². The largest absolute Gasteiger partial charge is 0.353 e. The van der Waals surface area contributed by atoms with E-state index in [1.165, 1.54) is 0 Å². The summed E-state index contributed by atoms with van der Waals surface area (Å²) in [5.74, 6) is 0. The summed E-state index contributed by atoms with van der Waals surface area (Å²) in [7, 11) is 2.15. The predicted octanol–water partition coefficient (Wildman–Crippen LogP) is 1.61. The monoisotopic (exact) mass is 172 g/mol. The van der Waals surface area contributed by atoms with Gasteiger partial charge in [0.25, 0.3) is 0 Å². The molecule has 0 aliphatic carbocycles. The van der Waals surface area contributed by atoms with E-state index in [2.05, 4.69) is 21.7 Å². The Balaban J connectivity index is 3.40. The number of hydrogen-bond donors (Lipinski definition) is 0. The van der Waals surface area contributed by atoms with Crippen molar-refractivity contribution < 1.29 is 9.47 Å². The number of rotatable bonds is 8. The van der Waals surface area contributed by atoms with Crippen LogP contribution in [0, 0.1) is 0 Å². The highest BCUT2D eigenvalue weighted by atomic mass is 16.7. The Bertz CT molecular complexity index is 80.6. The van der Waals surface area contributed by atoms with Gasteiger partial charge in [-0.15, -0.1) is 0 Å². The predicted molar refractivity (Wildman–Crippen MR) is 54.2 cm³/mol. The van der Waals surface area contributed by atoms with Crippen molar-refractivity contribution in [2.24, 2.45) is 0 Å². The third-order valence-electron chi connectivity index (χ3n) is 1.54. The smallest absolute Gasteiger partial charge is 0.156 e. The Kier molecular flexibility index (Phi) is 9.06. The fourth-order valence-electron chi connectivity index (χ4n) is 0.949. The molecule has 0 rings (SSSR count). The molecule has 0 amide bonds. The first kappa shape index (κ1) is 12.0. The molecule has 0 aromatic heterocycles. The van der Waals surface area contributed by atoms with Crippen molar-refractivity contribution in [3.05, 3.63) is 0 Å². The van der Waals surface area contributed by atoms with Crippen LogP contribution >= 0.6 is 0 Å². The summed E-state index contributed by atoms with van der Waals surface area (Å²) in [5, 5.41) is 0. The van der Waals surface area contributed by atoms with Crippen molar-refractivity contribution in [2.45, 2.75) is 45.7 Å². The van der Waals surface area contributed by atoms with Crippen molar-refractivity contribution in [3.63, 3.8) is 0 Å². The van der Waals surface area contributed by atoms with Crippen LogP contribution in [0.5, 0.6) is 0 Å². The van der Waals surface area contributed by atoms with Gasteiger partial charge in [-0.05, 0) is 19.3 Å². The molecule has 0 aromatic rings. The lowest BCUT2D eigenvalue weighted by Crippen LogP contribution is -2.18. The highest BCUT2D eigenvalue weighted by molar-refractivity contribution is 6.08. The average molecular weight is 172 g/mol. The lowest BCUT2D eigenvalue weighted by atomic mass is 10.0. The minimum absolute atomic E-state index is 0.0369. The Morgan fingerprint density at radius 3 is 1.92 bits per heavy atom. The van der Waals surface area contributed by atoms with E-state index >= 15 is 0 Å². The zero-order valence-corrected chi connectivity index (χ0v) is 8.64. The Hall–Kier alpha value is -0.0151.